The molecule has 0 N–H and O–H groups in total. The number of hydrogen-bond donors (Lipinski definition) is 0. The summed E-state index contributed by atoms with van der Waals surface area (Å²) in [6.45, 7) is 2.22. The molecule has 0 rings (SSSR count). The zero-order chi connectivity index (χ0) is 6.41. The van der Waals surface area contributed by atoms with Crippen molar-refractivity contribution in [3.05, 3.63) is 0 Å². The molecule has 0 heterocycles. The van der Waals surface area contributed by atoms with Crippen LogP contribution in [0.1, 0.15) is 19.8 Å². The van der Waals surface area contributed by atoms with Crippen LogP contribution in [-0.2, 0) is 21.2 Å². The van der Waals surface area contributed by atoms with E-state index in [1.807, 2.05) is 6.92 Å². The van der Waals surface area contributed by atoms with Crippen molar-refractivity contribution in [2.75, 3.05) is 6.61 Å². The minimum atomic E-state index is -1.43. The average Bonchev–Trinajstić information content (AvgIpc) is 1.66. The standard InChI is InChI=1S/C5H10O3.Ni/c1-2-3-4-8-5(6)7;/h2-4H2,1H3,(H,6,7);/q;+2/p-1. The Morgan fingerprint density at radius 1 is 1.67 bits per heavy atom. The van der Waals surface area contributed by atoms with E-state index >= 15 is 0 Å². The van der Waals surface area contributed by atoms with Crippen LogP contribution < -0.4 is 5.11 Å². The molecule has 0 radical (unpaired) electrons. The summed E-state index contributed by atoms with van der Waals surface area (Å²) in [6.07, 6.45) is 0.278. The smallest absolute Gasteiger partial charge is 0.550 e. The van der Waals surface area contributed by atoms with Gasteiger partial charge in [-0.3, -0.25) is 0 Å². The normalized spacial score (nSPS) is 7.67. The van der Waals surface area contributed by atoms with Gasteiger partial charge in [-0.15, -0.1) is 0 Å². The van der Waals surface area contributed by atoms with Gasteiger partial charge in [0.15, 0.2) is 0 Å². The molecule has 3 nitrogen and oxygen atoms in total. The van der Waals surface area contributed by atoms with Crippen LogP contribution in [0.5, 0.6) is 0 Å². The zero-order valence-corrected chi connectivity index (χ0v) is 6.15. The first kappa shape index (κ1) is 11.5. The summed E-state index contributed by atoms with van der Waals surface area (Å²) in [5.74, 6) is 0. The molecule has 0 saturated heterocycles. The maximum atomic E-state index is 9.54. The molecule has 56 valence electrons. The topological polar surface area (TPSA) is 49.4 Å². The SMILES string of the molecule is CCCCOC(=O)[O-].[Ni+2]. The van der Waals surface area contributed by atoms with Crippen LogP contribution in [0.25, 0.3) is 0 Å². The third kappa shape index (κ3) is 11.4. The number of rotatable bonds is 3. The second-order valence-electron chi connectivity index (χ2n) is 1.45. The molecule has 0 spiro atoms. The maximum Gasteiger partial charge on any atom is 2.00 e. The van der Waals surface area contributed by atoms with Gasteiger partial charge in [0.05, 0.1) is 0 Å². The molecule has 0 saturated carbocycles. The summed E-state index contributed by atoms with van der Waals surface area (Å²) >= 11 is 0. The van der Waals surface area contributed by atoms with Gasteiger partial charge in [-0.2, -0.15) is 0 Å². The van der Waals surface area contributed by atoms with Crippen LogP contribution in [0.15, 0.2) is 0 Å². The maximum absolute atomic E-state index is 9.54. The molecular weight excluding hydrogens is 167 g/mol. The molecule has 0 fully saturated rings. The van der Waals surface area contributed by atoms with Crippen molar-refractivity contribution < 1.29 is 31.1 Å². The van der Waals surface area contributed by atoms with Crippen LogP contribution in [0.2, 0.25) is 0 Å². The average molecular weight is 176 g/mol. The Kier molecular flexibility index (Phi) is 9.96. The van der Waals surface area contributed by atoms with Crippen molar-refractivity contribution in [2.45, 2.75) is 19.8 Å². The number of carbonyl (C=O) groups is 1. The van der Waals surface area contributed by atoms with E-state index in [2.05, 4.69) is 4.74 Å². The third-order valence-electron chi connectivity index (χ3n) is 0.718. The molecule has 0 aromatic rings. The fraction of sp³-hybridized carbons (Fsp3) is 0.800. The van der Waals surface area contributed by atoms with Crippen LogP contribution in [0, 0.1) is 0 Å². The van der Waals surface area contributed by atoms with Crippen LogP contribution in [0.4, 0.5) is 4.79 Å². The summed E-state index contributed by atoms with van der Waals surface area (Å²) in [5, 5.41) is 9.54. The van der Waals surface area contributed by atoms with Crippen molar-refractivity contribution in [2.24, 2.45) is 0 Å². The Balaban J connectivity index is 0. The van der Waals surface area contributed by atoms with Crippen molar-refractivity contribution in [3.63, 3.8) is 0 Å². The van der Waals surface area contributed by atoms with Gasteiger partial charge >= 0.3 is 16.5 Å². The summed E-state index contributed by atoms with van der Waals surface area (Å²) in [7, 11) is 0. The van der Waals surface area contributed by atoms with E-state index < -0.39 is 6.16 Å². The Morgan fingerprint density at radius 2 is 2.22 bits per heavy atom. The van der Waals surface area contributed by atoms with Gasteiger partial charge in [0.25, 0.3) is 6.16 Å². The number of carbonyl (C=O) groups excluding carboxylic acids is 1. The summed E-state index contributed by atoms with van der Waals surface area (Å²) in [5.41, 5.74) is 0. The molecule has 0 amide bonds. The molecule has 4 heteroatoms. The zero-order valence-electron chi connectivity index (χ0n) is 5.16. The van der Waals surface area contributed by atoms with E-state index in [4.69, 9.17) is 0 Å². The van der Waals surface area contributed by atoms with E-state index in [-0.39, 0.29) is 23.1 Å². The van der Waals surface area contributed by atoms with Gasteiger partial charge in [-0.05, 0) is 6.42 Å². The number of ether oxygens (including phenoxy) is 1. The van der Waals surface area contributed by atoms with Gasteiger partial charge < -0.3 is 14.6 Å². The van der Waals surface area contributed by atoms with Crippen LogP contribution in [-0.4, -0.2) is 12.8 Å². The molecule has 0 aromatic carbocycles. The minimum Gasteiger partial charge on any atom is -0.550 e. The van der Waals surface area contributed by atoms with Gasteiger partial charge in [-0.1, -0.05) is 13.3 Å². The van der Waals surface area contributed by atoms with Crippen molar-refractivity contribution in [1.82, 2.24) is 0 Å². The molecule has 0 unspecified atom stereocenters. The summed E-state index contributed by atoms with van der Waals surface area (Å²) in [4.78, 5) is 9.54. The van der Waals surface area contributed by atoms with Gasteiger partial charge in [0.2, 0.25) is 0 Å². The van der Waals surface area contributed by atoms with Crippen molar-refractivity contribution >= 4 is 6.16 Å². The Labute approximate surface area is 64.3 Å². The Bertz CT molecular complexity index is 74.6. The van der Waals surface area contributed by atoms with Crippen molar-refractivity contribution in [1.29, 1.82) is 0 Å². The molecule has 0 aliphatic carbocycles. The second-order valence-corrected chi connectivity index (χ2v) is 1.45. The first-order valence-electron chi connectivity index (χ1n) is 2.61. The van der Waals surface area contributed by atoms with E-state index in [9.17, 15) is 9.90 Å². The van der Waals surface area contributed by atoms with Crippen LogP contribution >= 0.6 is 0 Å². The fourth-order valence-electron chi connectivity index (χ4n) is 0.300. The van der Waals surface area contributed by atoms with E-state index in [1.165, 1.54) is 0 Å². The number of hydrogen-bond acceptors (Lipinski definition) is 3. The first-order chi connectivity index (χ1) is 3.77. The van der Waals surface area contributed by atoms with Gasteiger partial charge in [0.1, 0.15) is 0 Å². The molecular formula is C5H9NiO3+. The molecule has 0 bridgehead atoms. The van der Waals surface area contributed by atoms with Crippen LogP contribution in [0.3, 0.4) is 0 Å². The molecule has 0 aliphatic heterocycles. The van der Waals surface area contributed by atoms with E-state index in [1.54, 1.807) is 0 Å². The summed E-state index contributed by atoms with van der Waals surface area (Å²) in [6, 6.07) is 0. The van der Waals surface area contributed by atoms with Gasteiger partial charge in [-0.25, -0.2) is 0 Å². The Morgan fingerprint density at radius 3 is 2.56 bits per heavy atom. The molecule has 9 heavy (non-hydrogen) atoms. The largest absolute Gasteiger partial charge is 2.00 e. The molecule has 0 aliphatic rings. The summed E-state index contributed by atoms with van der Waals surface area (Å²) < 4.78 is 4.09. The molecule has 0 aromatic heterocycles. The third-order valence-corrected chi connectivity index (χ3v) is 0.718. The number of carboxylic acid groups (broad SMARTS) is 1. The van der Waals surface area contributed by atoms with Gasteiger partial charge in [0, 0.05) is 6.61 Å². The monoisotopic (exact) mass is 175 g/mol. The predicted octanol–water partition coefficient (Wildman–Crippen LogP) is 0.144. The molecule has 0 atom stereocenters. The first-order valence-corrected chi connectivity index (χ1v) is 2.61. The van der Waals surface area contributed by atoms with E-state index in [0.29, 0.717) is 0 Å². The Hall–Kier alpha value is -0.236. The number of unbranched alkanes of at least 4 members (excludes halogenated alkanes) is 1. The van der Waals surface area contributed by atoms with E-state index in [0.717, 1.165) is 12.8 Å². The minimum absolute atomic E-state index is 0. The fourth-order valence-corrected chi connectivity index (χ4v) is 0.300. The second kappa shape index (κ2) is 7.76. The van der Waals surface area contributed by atoms with Crippen molar-refractivity contribution in [3.8, 4) is 0 Å². The quantitative estimate of drug-likeness (QED) is 0.349. The predicted molar refractivity (Wildman–Crippen MR) is 26.3 cm³/mol.